The largest absolute Gasteiger partial charge is 0.455 e. The maximum Gasteiger partial charge on any atom is 0.325 e. The highest BCUT2D eigenvalue weighted by molar-refractivity contribution is 5.90. The van der Waals surface area contributed by atoms with Crippen molar-refractivity contribution >= 4 is 40.7 Å². The van der Waals surface area contributed by atoms with Gasteiger partial charge in [-0.15, -0.1) is 0 Å². The van der Waals surface area contributed by atoms with Crippen LogP contribution in [0.3, 0.4) is 0 Å². The Morgan fingerprint density at radius 3 is 2.56 bits per heavy atom. The zero-order valence-electron chi connectivity index (χ0n) is 26.8. The minimum Gasteiger partial charge on any atom is -0.455 e. The number of pyridine rings is 1. The Balaban J connectivity index is 1.58. The molecule has 2 aliphatic rings. The number of nitrogens with one attached hydrogen (secondary N) is 3. The number of aliphatic hydroxyl groups excluding tert-OH is 1. The lowest BCUT2D eigenvalue weighted by Crippen LogP contribution is -2.61. The van der Waals surface area contributed by atoms with Gasteiger partial charge in [0.15, 0.2) is 0 Å². The second-order valence-corrected chi connectivity index (χ2v) is 12.2. The number of rotatable bonds is 1. The number of ether oxygens (including phenoxy) is 1. The number of fused-ring (bicyclic) bond motifs is 4. The molecule has 0 spiro atoms. The number of esters is 1. The van der Waals surface area contributed by atoms with Gasteiger partial charge in [0, 0.05) is 38.4 Å². The van der Waals surface area contributed by atoms with E-state index in [1.807, 2.05) is 56.3 Å². The summed E-state index contributed by atoms with van der Waals surface area (Å²) in [5.41, 5.74) is 5.30. The maximum atomic E-state index is 13.3. The summed E-state index contributed by atoms with van der Waals surface area (Å²) in [6, 6.07) is 7.32. The number of aromatic nitrogens is 1. The van der Waals surface area contributed by atoms with E-state index in [-0.39, 0.29) is 24.2 Å². The number of hydrogen-bond donors (Lipinski definition) is 4. The van der Waals surface area contributed by atoms with Crippen molar-refractivity contribution in [2.75, 3.05) is 19.6 Å². The predicted molar refractivity (Wildman–Crippen MR) is 170 cm³/mol. The molecule has 12 nitrogen and oxygen atoms in total. The maximum absolute atomic E-state index is 13.3. The molecule has 3 amide bonds. The Hall–Kier alpha value is -3.87. The molecule has 5 bridgehead atoms. The Morgan fingerprint density at radius 2 is 1.82 bits per heavy atom. The molecular weight excluding hydrogens is 576 g/mol. The second-order valence-electron chi connectivity index (χ2n) is 12.2. The molecule has 0 aliphatic carbocycles. The van der Waals surface area contributed by atoms with Crippen LogP contribution in [0.15, 0.2) is 36.4 Å². The van der Waals surface area contributed by atoms with Crippen LogP contribution in [0.25, 0.3) is 17.0 Å². The van der Waals surface area contributed by atoms with Crippen LogP contribution in [-0.2, 0) is 23.9 Å². The van der Waals surface area contributed by atoms with Gasteiger partial charge in [-0.3, -0.25) is 29.5 Å². The molecule has 12 heteroatoms. The third-order valence-corrected chi connectivity index (χ3v) is 8.23. The number of benzene rings is 1. The van der Waals surface area contributed by atoms with Gasteiger partial charge in [0.05, 0.1) is 17.3 Å². The van der Waals surface area contributed by atoms with Crippen LogP contribution in [0, 0.1) is 5.92 Å². The third kappa shape index (κ3) is 9.09. The van der Waals surface area contributed by atoms with Crippen molar-refractivity contribution < 1.29 is 29.0 Å². The van der Waals surface area contributed by atoms with E-state index in [2.05, 4.69) is 16.1 Å². The summed E-state index contributed by atoms with van der Waals surface area (Å²) >= 11 is 0. The molecule has 0 saturated carbocycles. The summed E-state index contributed by atoms with van der Waals surface area (Å²) in [6.07, 6.45) is 4.21. The summed E-state index contributed by atoms with van der Waals surface area (Å²) in [5, 5.41) is 18.8. The highest BCUT2D eigenvalue weighted by Gasteiger charge is 2.34. The van der Waals surface area contributed by atoms with Gasteiger partial charge in [-0.1, -0.05) is 44.2 Å². The lowest BCUT2D eigenvalue weighted by Gasteiger charge is -2.35. The summed E-state index contributed by atoms with van der Waals surface area (Å²) < 4.78 is 5.78. The molecule has 5 atom stereocenters. The highest BCUT2D eigenvalue weighted by atomic mass is 16.5. The van der Waals surface area contributed by atoms with Gasteiger partial charge in [0.1, 0.15) is 24.4 Å². The molecular formula is C33H46N6O6. The van der Waals surface area contributed by atoms with E-state index in [9.17, 15) is 24.3 Å². The molecule has 244 valence electrons. The Kier molecular flexibility index (Phi) is 11.7. The van der Waals surface area contributed by atoms with Crippen molar-refractivity contribution in [3.8, 4) is 0 Å². The Morgan fingerprint density at radius 1 is 1.07 bits per heavy atom. The van der Waals surface area contributed by atoms with Crippen LogP contribution in [-0.4, -0.2) is 87.7 Å². The number of nitrogens with zero attached hydrogens (tertiary/aromatic N) is 3. The quantitative estimate of drug-likeness (QED) is 0.351. The molecule has 2 aromatic rings. The number of amides is 3. The number of carbonyl (C=O) groups excluding carboxylic acids is 4. The molecule has 1 fully saturated rings. The van der Waals surface area contributed by atoms with Gasteiger partial charge >= 0.3 is 5.97 Å². The van der Waals surface area contributed by atoms with Gasteiger partial charge in [-0.2, -0.15) is 0 Å². The van der Waals surface area contributed by atoms with Gasteiger partial charge in [0.2, 0.25) is 11.8 Å². The molecule has 1 saturated heterocycles. The van der Waals surface area contributed by atoms with Gasteiger partial charge in [0.25, 0.3) is 5.91 Å². The Bertz CT molecular complexity index is 1410. The van der Waals surface area contributed by atoms with Gasteiger partial charge in [-0.05, 0) is 56.7 Å². The van der Waals surface area contributed by atoms with Crippen molar-refractivity contribution in [3.05, 3.63) is 47.7 Å². The Labute approximate surface area is 264 Å². The fourth-order valence-electron chi connectivity index (χ4n) is 5.53. The van der Waals surface area contributed by atoms with Crippen LogP contribution in [0.4, 0.5) is 0 Å². The van der Waals surface area contributed by atoms with Crippen LogP contribution in [0.2, 0.25) is 0 Å². The summed E-state index contributed by atoms with van der Waals surface area (Å²) in [4.78, 5) is 58.4. The number of carbonyl (C=O) groups is 4. The van der Waals surface area contributed by atoms with Crippen molar-refractivity contribution in [3.63, 3.8) is 0 Å². The van der Waals surface area contributed by atoms with Crippen LogP contribution >= 0.6 is 0 Å². The van der Waals surface area contributed by atoms with E-state index in [4.69, 9.17) is 9.72 Å². The molecule has 2 aliphatic heterocycles. The summed E-state index contributed by atoms with van der Waals surface area (Å²) in [5.74, 6) is -1.61. The van der Waals surface area contributed by atoms with Crippen molar-refractivity contribution in [2.45, 2.75) is 90.8 Å². The lowest BCUT2D eigenvalue weighted by molar-refractivity contribution is -0.157. The van der Waals surface area contributed by atoms with E-state index in [1.54, 1.807) is 18.7 Å². The fraction of sp³-hybridized carbons (Fsp3) is 0.545. The topological polar surface area (TPSA) is 153 Å². The van der Waals surface area contributed by atoms with Gasteiger partial charge in [-0.25, -0.2) is 10.4 Å². The second kappa shape index (κ2) is 15.4. The van der Waals surface area contributed by atoms with E-state index in [1.165, 1.54) is 11.9 Å². The minimum absolute atomic E-state index is 0.107. The molecule has 1 unspecified atom stereocenters. The SMILES string of the molecule is CC(=O)N1CC/C=C/c2ccc3ccc(nc3c2)[C@@H](C)OC(=O)[C@@H]2CCCN(N2)C(=O)[C@H](C)NC(=O)[C@H](C(C)C)NC(O)CC1. The van der Waals surface area contributed by atoms with Crippen molar-refractivity contribution in [1.82, 2.24) is 31.0 Å². The summed E-state index contributed by atoms with van der Waals surface area (Å²) in [7, 11) is 0. The zero-order valence-corrected chi connectivity index (χ0v) is 26.8. The van der Waals surface area contributed by atoms with Crippen LogP contribution < -0.4 is 16.1 Å². The average molecular weight is 623 g/mol. The number of hydrogen-bond acceptors (Lipinski definition) is 9. The van der Waals surface area contributed by atoms with E-state index in [0.29, 0.717) is 44.6 Å². The first-order valence-electron chi connectivity index (χ1n) is 15.8. The van der Waals surface area contributed by atoms with E-state index < -0.39 is 42.3 Å². The van der Waals surface area contributed by atoms with E-state index in [0.717, 1.165) is 16.5 Å². The van der Waals surface area contributed by atoms with Crippen molar-refractivity contribution in [1.29, 1.82) is 0 Å². The number of cyclic esters (lactones) is 1. The minimum atomic E-state index is -1.05. The van der Waals surface area contributed by atoms with Crippen LogP contribution in [0.5, 0.6) is 0 Å². The highest BCUT2D eigenvalue weighted by Crippen LogP contribution is 2.22. The van der Waals surface area contributed by atoms with Crippen LogP contribution in [0.1, 0.15) is 77.7 Å². The first kappa shape index (κ1) is 34.0. The van der Waals surface area contributed by atoms with E-state index >= 15 is 0 Å². The fourth-order valence-corrected chi connectivity index (χ4v) is 5.53. The summed E-state index contributed by atoms with van der Waals surface area (Å²) in [6.45, 7) is 9.68. The smallest absolute Gasteiger partial charge is 0.325 e. The predicted octanol–water partition coefficient (Wildman–Crippen LogP) is 2.43. The zero-order chi connectivity index (χ0) is 32.7. The van der Waals surface area contributed by atoms with Crippen molar-refractivity contribution in [2.24, 2.45) is 5.92 Å². The number of hydrazine groups is 1. The normalized spacial score (nSPS) is 27.2. The average Bonchev–Trinajstić information content (AvgIpc) is 3.01. The first-order chi connectivity index (χ1) is 21.4. The third-order valence-electron chi connectivity index (χ3n) is 8.23. The molecule has 45 heavy (non-hydrogen) atoms. The molecule has 1 aromatic carbocycles. The molecule has 1 aromatic heterocycles. The molecule has 4 N–H and O–H groups in total. The monoisotopic (exact) mass is 622 g/mol. The molecule has 4 rings (SSSR count). The first-order valence-corrected chi connectivity index (χ1v) is 15.8. The lowest BCUT2D eigenvalue weighted by atomic mass is 10.0. The molecule has 3 heterocycles. The number of aliphatic hydroxyl groups is 1. The standard InChI is InChI=1S/C33H46N6O6/c1-20(2)30-31(42)34-21(3)32(43)39-17-8-10-27(37-39)33(44)45-22(4)26-14-13-25-12-11-24(19-28(25)35-26)9-6-7-16-38(23(5)40)18-15-29(41)36-30/h6,9,11-14,19-22,27,29-30,36-37,41H,7-8,10,15-18H2,1-5H3,(H,34,42)/b9-6+/t21-,22+,27-,29?,30-/m0/s1. The van der Waals surface area contributed by atoms with Gasteiger partial charge < -0.3 is 20.1 Å². The molecule has 0 radical (unpaired) electrons.